The van der Waals surface area contributed by atoms with Gasteiger partial charge in [-0.3, -0.25) is 0 Å². The number of hydrogen-bond acceptors (Lipinski definition) is 2. The van der Waals surface area contributed by atoms with Gasteiger partial charge in [-0.25, -0.2) is 0 Å². The molecule has 1 aromatic rings. The molecule has 3 atom stereocenters. The van der Waals surface area contributed by atoms with Crippen LogP contribution in [0.3, 0.4) is 0 Å². The topological polar surface area (TPSA) is 46.2 Å². The number of rotatable bonds is 2. The maximum absolute atomic E-state index is 9.44. The molecule has 3 N–H and O–H groups in total. The van der Waals surface area contributed by atoms with Gasteiger partial charge in [-0.2, -0.15) is 0 Å². The summed E-state index contributed by atoms with van der Waals surface area (Å²) in [6.07, 6.45) is 1.95. The van der Waals surface area contributed by atoms with E-state index >= 15 is 0 Å². The van der Waals surface area contributed by atoms with E-state index in [1.165, 1.54) is 11.1 Å². The Balaban J connectivity index is 2.19. The highest BCUT2D eigenvalue weighted by Gasteiger charge is 2.32. The molecule has 0 radical (unpaired) electrons. The quantitative estimate of drug-likeness (QED) is 0.844. The lowest BCUT2D eigenvalue weighted by Crippen LogP contribution is -2.15. The predicted molar refractivity (Wildman–Crippen MR) is 75.7 cm³/mol. The number of aliphatic hydroxyl groups is 1. The van der Waals surface area contributed by atoms with Crippen molar-refractivity contribution < 1.29 is 5.11 Å². The molecule has 0 amide bonds. The second-order valence-corrected chi connectivity index (χ2v) is 6.65. The van der Waals surface area contributed by atoms with Gasteiger partial charge < -0.3 is 10.8 Å². The summed E-state index contributed by atoms with van der Waals surface area (Å²) in [5.74, 6) is 0.763. The minimum atomic E-state index is 0.195. The number of nitrogens with two attached hydrogens (primary N) is 1. The fourth-order valence-corrected chi connectivity index (χ4v) is 3.01. The molecule has 1 fully saturated rings. The summed E-state index contributed by atoms with van der Waals surface area (Å²) in [4.78, 5) is 0. The molecule has 1 saturated carbocycles. The third kappa shape index (κ3) is 2.76. The summed E-state index contributed by atoms with van der Waals surface area (Å²) in [5, 5.41) is 9.44. The highest BCUT2D eigenvalue weighted by atomic mass is 16.3. The maximum Gasteiger partial charge on any atom is 0.0465 e. The Bertz CT molecular complexity index is 391. The van der Waals surface area contributed by atoms with Crippen molar-refractivity contribution in [1.82, 2.24) is 0 Å². The van der Waals surface area contributed by atoms with E-state index in [-0.39, 0.29) is 18.1 Å². The number of benzene rings is 1. The molecule has 0 aromatic heterocycles. The van der Waals surface area contributed by atoms with Crippen molar-refractivity contribution in [1.29, 1.82) is 0 Å². The second kappa shape index (κ2) is 5.02. The largest absolute Gasteiger partial charge is 0.396 e. The number of hydrogen-bond donors (Lipinski definition) is 2. The zero-order valence-corrected chi connectivity index (χ0v) is 11.7. The molecule has 18 heavy (non-hydrogen) atoms. The third-order valence-corrected chi connectivity index (χ3v) is 4.17. The van der Waals surface area contributed by atoms with Crippen LogP contribution in [-0.2, 0) is 5.41 Å². The minimum Gasteiger partial charge on any atom is -0.396 e. The average molecular weight is 247 g/mol. The minimum absolute atomic E-state index is 0.195. The van der Waals surface area contributed by atoms with Gasteiger partial charge in [0.2, 0.25) is 0 Å². The van der Waals surface area contributed by atoms with Crippen molar-refractivity contribution in [2.24, 2.45) is 11.7 Å². The maximum atomic E-state index is 9.44. The van der Waals surface area contributed by atoms with Gasteiger partial charge in [-0.1, -0.05) is 45.0 Å². The van der Waals surface area contributed by atoms with Crippen LogP contribution in [0, 0.1) is 5.92 Å². The molecule has 0 heterocycles. The smallest absolute Gasteiger partial charge is 0.0465 e. The Morgan fingerprint density at radius 3 is 2.28 bits per heavy atom. The standard InChI is InChI=1S/C16H25NO/c1-16(2,3)13-6-4-11(5-7-13)15-9-14(17)8-12(15)10-18/h4-7,12,14-15,18H,8-10,17H2,1-3H3/t12-,14-,15-/m1/s1. The summed E-state index contributed by atoms with van der Waals surface area (Å²) >= 11 is 0. The highest BCUT2D eigenvalue weighted by Crippen LogP contribution is 2.39. The molecule has 1 aliphatic rings. The van der Waals surface area contributed by atoms with Gasteiger partial charge in [0.1, 0.15) is 0 Å². The molecule has 2 nitrogen and oxygen atoms in total. The van der Waals surface area contributed by atoms with Gasteiger partial charge in [0.25, 0.3) is 0 Å². The van der Waals surface area contributed by atoms with E-state index in [0.29, 0.717) is 11.8 Å². The average Bonchev–Trinajstić information content (AvgIpc) is 2.69. The van der Waals surface area contributed by atoms with Crippen molar-refractivity contribution >= 4 is 0 Å². The Morgan fingerprint density at radius 2 is 1.78 bits per heavy atom. The van der Waals surface area contributed by atoms with Crippen molar-refractivity contribution in [3.8, 4) is 0 Å². The fraction of sp³-hybridized carbons (Fsp3) is 0.625. The SMILES string of the molecule is CC(C)(C)c1ccc([C@H]2C[C@H](N)C[C@@H]2CO)cc1. The van der Waals surface area contributed by atoms with E-state index in [9.17, 15) is 5.11 Å². The first-order valence-electron chi connectivity index (χ1n) is 6.88. The summed E-state index contributed by atoms with van der Waals surface area (Å²) in [6, 6.07) is 9.11. The van der Waals surface area contributed by atoms with E-state index in [1.807, 2.05) is 0 Å². The first-order valence-corrected chi connectivity index (χ1v) is 6.88. The predicted octanol–water partition coefficient (Wildman–Crippen LogP) is 2.80. The Kier molecular flexibility index (Phi) is 3.79. The van der Waals surface area contributed by atoms with Crippen LogP contribution in [0.5, 0.6) is 0 Å². The molecular formula is C16H25NO. The van der Waals surface area contributed by atoms with Gasteiger partial charge in [0.05, 0.1) is 0 Å². The lowest BCUT2D eigenvalue weighted by molar-refractivity contribution is 0.216. The van der Waals surface area contributed by atoms with Gasteiger partial charge >= 0.3 is 0 Å². The van der Waals surface area contributed by atoms with Crippen LogP contribution in [-0.4, -0.2) is 17.8 Å². The monoisotopic (exact) mass is 247 g/mol. The summed E-state index contributed by atoms with van der Waals surface area (Å²) in [6.45, 7) is 6.93. The van der Waals surface area contributed by atoms with E-state index in [2.05, 4.69) is 45.0 Å². The summed E-state index contributed by atoms with van der Waals surface area (Å²) in [7, 11) is 0. The first-order chi connectivity index (χ1) is 8.41. The van der Waals surface area contributed by atoms with Crippen LogP contribution in [0.25, 0.3) is 0 Å². The Labute approximate surface area is 110 Å². The highest BCUT2D eigenvalue weighted by molar-refractivity contribution is 5.30. The molecule has 0 spiro atoms. The van der Waals surface area contributed by atoms with Crippen molar-refractivity contribution in [2.75, 3.05) is 6.61 Å². The molecule has 1 aliphatic carbocycles. The van der Waals surface area contributed by atoms with Crippen molar-refractivity contribution in [3.63, 3.8) is 0 Å². The Hall–Kier alpha value is -0.860. The van der Waals surface area contributed by atoms with Crippen LogP contribution in [0.1, 0.15) is 50.7 Å². The van der Waals surface area contributed by atoms with Gasteiger partial charge in [0, 0.05) is 12.6 Å². The molecule has 1 aromatic carbocycles. The molecule has 2 rings (SSSR count). The van der Waals surface area contributed by atoms with Crippen LogP contribution in [0.2, 0.25) is 0 Å². The van der Waals surface area contributed by atoms with E-state index in [0.717, 1.165) is 12.8 Å². The van der Waals surface area contributed by atoms with E-state index in [4.69, 9.17) is 5.73 Å². The lowest BCUT2D eigenvalue weighted by Gasteiger charge is -2.22. The van der Waals surface area contributed by atoms with Crippen LogP contribution >= 0.6 is 0 Å². The fourth-order valence-electron chi connectivity index (χ4n) is 3.01. The first kappa shape index (κ1) is 13.6. The van der Waals surface area contributed by atoms with Crippen LogP contribution in [0.15, 0.2) is 24.3 Å². The summed E-state index contributed by atoms with van der Waals surface area (Å²) in [5.41, 5.74) is 8.90. The molecule has 0 bridgehead atoms. The van der Waals surface area contributed by atoms with Crippen LogP contribution < -0.4 is 5.73 Å². The lowest BCUT2D eigenvalue weighted by atomic mass is 9.84. The molecule has 100 valence electrons. The molecule has 0 saturated heterocycles. The molecule has 0 unspecified atom stereocenters. The number of aliphatic hydroxyl groups excluding tert-OH is 1. The van der Waals surface area contributed by atoms with Crippen molar-refractivity contribution in [3.05, 3.63) is 35.4 Å². The van der Waals surface area contributed by atoms with Crippen molar-refractivity contribution in [2.45, 2.75) is 51.0 Å². The third-order valence-electron chi connectivity index (χ3n) is 4.17. The normalized spacial score (nSPS) is 28.6. The zero-order chi connectivity index (χ0) is 13.3. The zero-order valence-electron chi connectivity index (χ0n) is 11.7. The van der Waals surface area contributed by atoms with E-state index in [1.54, 1.807) is 0 Å². The van der Waals surface area contributed by atoms with Gasteiger partial charge in [-0.15, -0.1) is 0 Å². The second-order valence-electron chi connectivity index (χ2n) is 6.65. The Morgan fingerprint density at radius 1 is 1.17 bits per heavy atom. The van der Waals surface area contributed by atoms with E-state index < -0.39 is 0 Å². The van der Waals surface area contributed by atoms with Gasteiger partial charge in [-0.05, 0) is 41.2 Å². The van der Waals surface area contributed by atoms with Crippen LogP contribution in [0.4, 0.5) is 0 Å². The summed E-state index contributed by atoms with van der Waals surface area (Å²) < 4.78 is 0. The molecule has 0 aliphatic heterocycles. The molecular weight excluding hydrogens is 222 g/mol. The molecule has 2 heteroatoms. The van der Waals surface area contributed by atoms with Gasteiger partial charge in [0.15, 0.2) is 0 Å².